The van der Waals surface area contributed by atoms with Crippen LogP contribution in [-0.4, -0.2) is 48.3 Å². The van der Waals surface area contributed by atoms with Gasteiger partial charge in [-0.05, 0) is 11.1 Å². The van der Waals surface area contributed by atoms with E-state index < -0.39 is 36.4 Å². The fraction of sp³-hybridized carbons (Fsp3) is 0.467. The second-order valence-corrected chi connectivity index (χ2v) is 5.43. The van der Waals surface area contributed by atoms with Gasteiger partial charge in [-0.15, -0.1) is 0 Å². The summed E-state index contributed by atoms with van der Waals surface area (Å²) in [6, 6.07) is 6.78. The number of likely N-dealkylation sites (tertiary alicyclic amines) is 1. The lowest BCUT2D eigenvalue weighted by molar-refractivity contribution is -0.184. The van der Waals surface area contributed by atoms with E-state index in [2.05, 4.69) is 0 Å². The van der Waals surface area contributed by atoms with Gasteiger partial charge in [0.05, 0.1) is 12.5 Å². The van der Waals surface area contributed by atoms with Crippen molar-refractivity contribution in [3.05, 3.63) is 35.4 Å². The van der Waals surface area contributed by atoms with E-state index in [4.69, 9.17) is 4.74 Å². The van der Waals surface area contributed by atoms with E-state index in [0.717, 1.165) is 5.56 Å². The Morgan fingerprint density at radius 2 is 1.87 bits per heavy atom. The van der Waals surface area contributed by atoms with Crippen molar-refractivity contribution < 1.29 is 32.6 Å². The number of carboxylic acid groups (broad SMARTS) is 1. The van der Waals surface area contributed by atoms with Crippen LogP contribution >= 0.6 is 0 Å². The Balaban J connectivity index is 2.22. The van der Waals surface area contributed by atoms with Gasteiger partial charge in [-0.3, -0.25) is 9.59 Å². The van der Waals surface area contributed by atoms with Gasteiger partial charge in [-0.25, -0.2) is 0 Å². The van der Waals surface area contributed by atoms with E-state index in [0.29, 0.717) is 17.1 Å². The molecule has 0 saturated carbocycles. The summed E-state index contributed by atoms with van der Waals surface area (Å²) < 4.78 is 42.6. The van der Waals surface area contributed by atoms with Gasteiger partial charge in [0.15, 0.2) is 0 Å². The molecule has 1 aromatic carbocycles. The molecule has 1 aliphatic heterocycles. The molecule has 1 fully saturated rings. The first-order valence-electron chi connectivity index (χ1n) is 6.90. The Labute approximate surface area is 130 Å². The van der Waals surface area contributed by atoms with Gasteiger partial charge in [-0.1, -0.05) is 24.3 Å². The van der Waals surface area contributed by atoms with E-state index in [-0.39, 0.29) is 6.54 Å². The van der Waals surface area contributed by atoms with Crippen LogP contribution in [0.15, 0.2) is 24.3 Å². The summed E-state index contributed by atoms with van der Waals surface area (Å²) in [6.07, 6.45) is -5.00. The van der Waals surface area contributed by atoms with Crippen molar-refractivity contribution in [2.24, 2.45) is 5.92 Å². The zero-order valence-corrected chi connectivity index (χ0v) is 12.3. The number of carbonyl (C=O) groups is 2. The van der Waals surface area contributed by atoms with Gasteiger partial charge in [0.2, 0.25) is 0 Å². The first kappa shape index (κ1) is 17.3. The largest absolute Gasteiger partial charge is 0.481 e. The van der Waals surface area contributed by atoms with Crippen LogP contribution < -0.4 is 0 Å². The summed E-state index contributed by atoms with van der Waals surface area (Å²) in [6.45, 7) is -0.330. The van der Waals surface area contributed by atoms with Crippen LogP contribution in [0.1, 0.15) is 17.0 Å². The first-order valence-corrected chi connectivity index (χ1v) is 6.90. The van der Waals surface area contributed by atoms with Gasteiger partial charge in [0.1, 0.15) is 0 Å². The van der Waals surface area contributed by atoms with E-state index in [1.807, 2.05) is 0 Å². The Kier molecular flexibility index (Phi) is 4.93. The summed E-state index contributed by atoms with van der Waals surface area (Å²) in [4.78, 5) is 23.2. The number of rotatable bonds is 4. The third-order valence-electron chi connectivity index (χ3n) is 3.89. The van der Waals surface area contributed by atoms with Crippen LogP contribution in [-0.2, 0) is 20.9 Å². The minimum absolute atomic E-state index is 0.265. The average Bonchev–Trinajstić information content (AvgIpc) is 2.92. The molecule has 0 spiro atoms. The highest BCUT2D eigenvalue weighted by molar-refractivity contribution is 5.83. The number of hydrogen-bond donors (Lipinski definition) is 1. The smallest absolute Gasteiger partial charge is 0.471 e. The molecule has 2 atom stereocenters. The lowest BCUT2D eigenvalue weighted by Gasteiger charge is -2.18. The molecule has 23 heavy (non-hydrogen) atoms. The predicted octanol–water partition coefficient (Wildman–Crippen LogP) is 2.02. The monoisotopic (exact) mass is 331 g/mol. The quantitative estimate of drug-likeness (QED) is 0.917. The van der Waals surface area contributed by atoms with Gasteiger partial charge in [0.25, 0.3) is 0 Å². The number of hydrogen-bond acceptors (Lipinski definition) is 3. The number of aliphatic carboxylic acids is 1. The number of carbonyl (C=O) groups excluding carboxylic acids is 1. The topological polar surface area (TPSA) is 66.8 Å². The van der Waals surface area contributed by atoms with Crippen molar-refractivity contribution in [2.45, 2.75) is 18.7 Å². The lowest BCUT2D eigenvalue weighted by atomic mass is 9.88. The zero-order valence-electron chi connectivity index (χ0n) is 12.3. The molecule has 126 valence electrons. The van der Waals surface area contributed by atoms with Gasteiger partial charge >= 0.3 is 18.1 Å². The molecule has 1 N–H and O–H groups in total. The maximum absolute atomic E-state index is 12.5. The molecule has 0 radical (unpaired) electrons. The van der Waals surface area contributed by atoms with Crippen molar-refractivity contribution in [1.29, 1.82) is 0 Å². The highest BCUT2D eigenvalue weighted by Gasteiger charge is 2.48. The Morgan fingerprint density at radius 3 is 2.35 bits per heavy atom. The molecule has 2 unspecified atom stereocenters. The summed E-state index contributed by atoms with van der Waals surface area (Å²) in [7, 11) is 1.53. The number of benzene rings is 1. The van der Waals surface area contributed by atoms with E-state index in [1.165, 1.54) is 7.11 Å². The number of methoxy groups -OCH3 is 1. The minimum atomic E-state index is -5.00. The number of alkyl halides is 3. The average molecular weight is 331 g/mol. The van der Waals surface area contributed by atoms with Gasteiger partial charge in [-0.2, -0.15) is 13.2 Å². The van der Waals surface area contributed by atoms with Crippen molar-refractivity contribution in [3.8, 4) is 0 Å². The molecule has 1 saturated heterocycles. The maximum Gasteiger partial charge on any atom is 0.471 e. The number of ether oxygens (including phenoxy) is 1. The third kappa shape index (κ3) is 3.82. The molecule has 0 aliphatic carbocycles. The molecular formula is C15H16F3NO4. The molecule has 1 amide bonds. The molecule has 0 aromatic heterocycles. The normalized spacial score (nSPS) is 21.5. The Hall–Kier alpha value is -2.09. The van der Waals surface area contributed by atoms with Crippen LogP contribution in [0.2, 0.25) is 0 Å². The summed E-state index contributed by atoms with van der Waals surface area (Å²) in [5.41, 5.74) is 1.46. The number of halogens is 3. The highest BCUT2D eigenvalue weighted by Crippen LogP contribution is 2.35. The molecule has 1 heterocycles. The van der Waals surface area contributed by atoms with Crippen LogP contribution in [0.4, 0.5) is 13.2 Å². The van der Waals surface area contributed by atoms with E-state index >= 15 is 0 Å². The minimum Gasteiger partial charge on any atom is -0.481 e. The Morgan fingerprint density at radius 1 is 1.26 bits per heavy atom. The molecule has 1 aliphatic rings. The zero-order chi connectivity index (χ0) is 17.2. The third-order valence-corrected chi connectivity index (χ3v) is 3.89. The Bertz CT molecular complexity index is 585. The van der Waals surface area contributed by atoms with E-state index in [9.17, 15) is 27.9 Å². The summed E-state index contributed by atoms with van der Waals surface area (Å²) in [5, 5.41) is 9.25. The number of amides is 1. The molecule has 0 bridgehead atoms. The fourth-order valence-corrected chi connectivity index (χ4v) is 2.76. The summed E-state index contributed by atoms with van der Waals surface area (Å²) >= 11 is 0. The number of carboxylic acids is 1. The second kappa shape index (κ2) is 6.57. The lowest BCUT2D eigenvalue weighted by Crippen LogP contribution is -2.40. The SMILES string of the molecule is COCc1ccc(C2CN(C(=O)C(F)(F)F)CC2C(=O)O)cc1. The van der Waals surface area contributed by atoms with Crippen molar-refractivity contribution in [2.75, 3.05) is 20.2 Å². The number of nitrogens with zero attached hydrogens (tertiary/aromatic N) is 1. The molecule has 8 heteroatoms. The fourth-order valence-electron chi connectivity index (χ4n) is 2.76. The van der Waals surface area contributed by atoms with E-state index in [1.54, 1.807) is 24.3 Å². The van der Waals surface area contributed by atoms with Gasteiger partial charge < -0.3 is 14.7 Å². The second-order valence-electron chi connectivity index (χ2n) is 5.43. The molecular weight excluding hydrogens is 315 g/mol. The molecule has 1 aromatic rings. The highest BCUT2D eigenvalue weighted by atomic mass is 19.4. The van der Waals surface area contributed by atoms with Crippen LogP contribution in [0, 0.1) is 5.92 Å². The molecule has 2 rings (SSSR count). The maximum atomic E-state index is 12.5. The predicted molar refractivity (Wildman–Crippen MR) is 73.7 cm³/mol. The van der Waals surface area contributed by atoms with Crippen molar-refractivity contribution in [1.82, 2.24) is 4.90 Å². The van der Waals surface area contributed by atoms with Crippen molar-refractivity contribution >= 4 is 11.9 Å². The van der Waals surface area contributed by atoms with Gasteiger partial charge in [0, 0.05) is 26.1 Å². The first-order chi connectivity index (χ1) is 10.7. The standard InChI is InChI=1S/C15H16F3NO4/c1-23-8-9-2-4-10(5-3-9)11-6-19(7-12(11)13(20)21)14(22)15(16,17)18/h2-5,11-12H,6-8H2,1H3,(H,20,21). The van der Waals surface area contributed by atoms with Crippen molar-refractivity contribution in [3.63, 3.8) is 0 Å². The van der Waals surface area contributed by atoms with Crippen LogP contribution in [0.25, 0.3) is 0 Å². The summed E-state index contributed by atoms with van der Waals surface area (Å²) in [5.74, 6) is -4.94. The van der Waals surface area contributed by atoms with Crippen LogP contribution in [0.5, 0.6) is 0 Å². The molecule has 5 nitrogen and oxygen atoms in total. The van der Waals surface area contributed by atoms with Crippen LogP contribution in [0.3, 0.4) is 0 Å².